The number of hydrogen-bond donors (Lipinski definition) is 3. The largest absolute Gasteiger partial charge is 0.360 e. The number of aromatic nitrogens is 3. The Morgan fingerprint density at radius 3 is 2.90 bits per heavy atom. The van der Waals surface area contributed by atoms with Crippen molar-refractivity contribution in [1.82, 2.24) is 15.0 Å². The van der Waals surface area contributed by atoms with Gasteiger partial charge in [-0.05, 0) is 17.9 Å². The van der Waals surface area contributed by atoms with Gasteiger partial charge in [-0.25, -0.2) is 15.8 Å². The van der Waals surface area contributed by atoms with Gasteiger partial charge in [0.25, 0.3) is 0 Å². The minimum Gasteiger partial charge on any atom is -0.360 e. The molecule has 1 unspecified atom stereocenters. The van der Waals surface area contributed by atoms with Gasteiger partial charge in [0.1, 0.15) is 15.7 Å². The Morgan fingerprint density at radius 1 is 1.30 bits per heavy atom. The normalized spacial score (nSPS) is 12.5. The van der Waals surface area contributed by atoms with Crippen molar-refractivity contribution in [2.75, 3.05) is 10.7 Å². The number of nitrogens with zero attached hydrogens (tertiary/aromatic N) is 3. The monoisotopic (exact) mass is 306 g/mol. The summed E-state index contributed by atoms with van der Waals surface area (Å²) in [6, 6.07) is 2.15. The first kappa shape index (κ1) is 13.2. The van der Waals surface area contributed by atoms with Crippen LogP contribution in [0.4, 0.5) is 11.8 Å². The molecule has 0 aliphatic rings. The SMILES string of the molecule is CCC(Nc1nc(NN)nc2sccc12)c1nccs1. The second kappa shape index (κ2) is 5.70. The summed E-state index contributed by atoms with van der Waals surface area (Å²) in [7, 11) is 0. The summed E-state index contributed by atoms with van der Waals surface area (Å²) in [5.41, 5.74) is 2.51. The lowest BCUT2D eigenvalue weighted by molar-refractivity contribution is 0.738. The quantitative estimate of drug-likeness (QED) is 0.496. The molecule has 0 aliphatic heterocycles. The molecule has 3 heterocycles. The first-order valence-corrected chi connectivity index (χ1v) is 7.95. The fourth-order valence-corrected chi connectivity index (χ4v) is 3.48. The summed E-state index contributed by atoms with van der Waals surface area (Å²) in [4.78, 5) is 14.0. The van der Waals surface area contributed by atoms with Crippen LogP contribution in [0.3, 0.4) is 0 Å². The van der Waals surface area contributed by atoms with Gasteiger partial charge in [0, 0.05) is 11.6 Å². The number of thiophene rings is 1. The van der Waals surface area contributed by atoms with Gasteiger partial charge in [0.2, 0.25) is 5.95 Å². The fraction of sp³-hybridized carbons (Fsp3) is 0.250. The Balaban J connectivity index is 1.98. The predicted octanol–water partition coefficient (Wildman–Crippen LogP) is 3.00. The van der Waals surface area contributed by atoms with E-state index in [0.717, 1.165) is 27.5 Å². The molecule has 0 bridgehead atoms. The molecule has 0 radical (unpaired) electrons. The Kier molecular flexibility index (Phi) is 3.77. The third-order valence-electron chi connectivity index (χ3n) is 2.92. The lowest BCUT2D eigenvalue weighted by Gasteiger charge is -2.16. The van der Waals surface area contributed by atoms with Crippen LogP contribution in [0.5, 0.6) is 0 Å². The summed E-state index contributed by atoms with van der Waals surface area (Å²) in [5.74, 6) is 6.62. The van der Waals surface area contributed by atoms with E-state index < -0.39 is 0 Å². The molecule has 0 amide bonds. The van der Waals surface area contributed by atoms with E-state index >= 15 is 0 Å². The van der Waals surface area contributed by atoms with E-state index in [0.29, 0.717) is 5.95 Å². The molecule has 1 atom stereocenters. The van der Waals surface area contributed by atoms with E-state index in [1.165, 1.54) is 0 Å². The Bertz CT molecular complexity index is 693. The van der Waals surface area contributed by atoms with E-state index in [9.17, 15) is 0 Å². The number of anilines is 2. The second-order valence-corrected chi connectivity index (χ2v) is 5.98. The number of fused-ring (bicyclic) bond motifs is 1. The van der Waals surface area contributed by atoms with Crippen LogP contribution in [0.1, 0.15) is 24.4 Å². The molecule has 20 heavy (non-hydrogen) atoms. The zero-order valence-electron chi connectivity index (χ0n) is 10.8. The van der Waals surface area contributed by atoms with Gasteiger partial charge in [0.15, 0.2) is 0 Å². The molecule has 6 nitrogen and oxygen atoms in total. The predicted molar refractivity (Wildman–Crippen MR) is 84.0 cm³/mol. The van der Waals surface area contributed by atoms with Crippen molar-refractivity contribution in [3.05, 3.63) is 28.0 Å². The Hall–Kier alpha value is -1.77. The van der Waals surface area contributed by atoms with Crippen molar-refractivity contribution >= 4 is 44.7 Å². The first-order chi connectivity index (χ1) is 9.81. The highest BCUT2D eigenvalue weighted by Crippen LogP contribution is 2.30. The van der Waals surface area contributed by atoms with Gasteiger partial charge in [-0.1, -0.05) is 6.92 Å². The number of hydrogen-bond acceptors (Lipinski definition) is 8. The third-order valence-corrected chi connectivity index (χ3v) is 4.62. The molecule has 0 spiro atoms. The minimum atomic E-state index is 0.138. The lowest BCUT2D eigenvalue weighted by atomic mass is 10.2. The van der Waals surface area contributed by atoms with E-state index in [-0.39, 0.29) is 6.04 Å². The highest BCUT2D eigenvalue weighted by molar-refractivity contribution is 7.16. The average molecular weight is 306 g/mol. The van der Waals surface area contributed by atoms with Crippen LogP contribution in [-0.4, -0.2) is 15.0 Å². The second-order valence-electron chi connectivity index (χ2n) is 4.16. The van der Waals surface area contributed by atoms with Crippen molar-refractivity contribution in [3.8, 4) is 0 Å². The molecule has 3 aromatic heterocycles. The van der Waals surface area contributed by atoms with Crippen LogP contribution in [0.15, 0.2) is 23.0 Å². The molecule has 0 fully saturated rings. The van der Waals surface area contributed by atoms with E-state index in [2.05, 4.69) is 32.6 Å². The summed E-state index contributed by atoms with van der Waals surface area (Å²) in [5, 5.41) is 9.47. The number of rotatable bonds is 5. The molecule has 3 rings (SSSR count). The molecule has 0 aliphatic carbocycles. The highest BCUT2D eigenvalue weighted by Gasteiger charge is 2.15. The summed E-state index contributed by atoms with van der Waals surface area (Å²) in [6.07, 6.45) is 2.74. The first-order valence-electron chi connectivity index (χ1n) is 6.19. The van der Waals surface area contributed by atoms with Crippen LogP contribution in [-0.2, 0) is 0 Å². The van der Waals surface area contributed by atoms with Crippen molar-refractivity contribution in [3.63, 3.8) is 0 Å². The summed E-state index contributed by atoms with van der Waals surface area (Å²) >= 11 is 3.20. The van der Waals surface area contributed by atoms with Gasteiger partial charge in [-0.2, -0.15) is 4.98 Å². The van der Waals surface area contributed by atoms with Crippen molar-refractivity contribution in [2.24, 2.45) is 5.84 Å². The van der Waals surface area contributed by atoms with Crippen molar-refractivity contribution in [2.45, 2.75) is 19.4 Å². The van der Waals surface area contributed by atoms with Gasteiger partial charge in [-0.15, -0.1) is 22.7 Å². The molecule has 0 saturated heterocycles. The fourth-order valence-electron chi connectivity index (χ4n) is 1.94. The molecule has 0 saturated carbocycles. The van der Waals surface area contributed by atoms with Crippen LogP contribution in [0.2, 0.25) is 0 Å². The zero-order valence-corrected chi connectivity index (χ0v) is 12.5. The lowest BCUT2D eigenvalue weighted by Crippen LogP contribution is -2.14. The van der Waals surface area contributed by atoms with E-state index in [1.54, 1.807) is 22.7 Å². The molecule has 4 N–H and O–H groups in total. The Morgan fingerprint density at radius 2 is 2.20 bits per heavy atom. The van der Waals surface area contributed by atoms with Gasteiger partial charge < -0.3 is 5.32 Å². The third kappa shape index (κ3) is 2.45. The minimum absolute atomic E-state index is 0.138. The van der Waals surface area contributed by atoms with Gasteiger partial charge >= 0.3 is 0 Å². The Labute approximate surface area is 124 Å². The van der Waals surface area contributed by atoms with E-state index in [4.69, 9.17) is 5.84 Å². The van der Waals surface area contributed by atoms with Crippen molar-refractivity contribution < 1.29 is 0 Å². The smallest absolute Gasteiger partial charge is 0.240 e. The standard InChI is InChI=1S/C12H14N6S2/c1-2-8(11-14-4-6-20-11)15-9-7-3-5-19-10(7)17-12(16-9)18-13/h3-6,8H,2,13H2,1H3,(H2,15,16,17,18). The molecule has 3 aromatic rings. The van der Waals surface area contributed by atoms with Crippen LogP contribution in [0.25, 0.3) is 10.2 Å². The number of hydrazine groups is 1. The summed E-state index contributed by atoms with van der Waals surface area (Å²) in [6.45, 7) is 2.12. The van der Waals surface area contributed by atoms with E-state index in [1.807, 2.05) is 23.0 Å². The number of nitrogens with one attached hydrogen (secondary N) is 2. The van der Waals surface area contributed by atoms with Gasteiger partial charge in [-0.3, -0.25) is 5.43 Å². The number of nitrogens with two attached hydrogens (primary N) is 1. The maximum atomic E-state index is 5.43. The van der Waals surface area contributed by atoms with Gasteiger partial charge in [0.05, 0.1) is 11.4 Å². The highest BCUT2D eigenvalue weighted by atomic mass is 32.1. The maximum absolute atomic E-state index is 5.43. The van der Waals surface area contributed by atoms with Crippen LogP contribution < -0.4 is 16.6 Å². The molecule has 0 aromatic carbocycles. The topological polar surface area (TPSA) is 88.8 Å². The van der Waals surface area contributed by atoms with Crippen LogP contribution >= 0.6 is 22.7 Å². The number of nitrogen functional groups attached to an aromatic ring is 1. The molecule has 104 valence electrons. The number of thiazole rings is 1. The maximum Gasteiger partial charge on any atom is 0.240 e. The average Bonchev–Trinajstić information content (AvgIpc) is 3.14. The molecular weight excluding hydrogens is 292 g/mol. The molecular formula is C12H14N6S2. The zero-order chi connectivity index (χ0) is 13.9. The van der Waals surface area contributed by atoms with Crippen molar-refractivity contribution in [1.29, 1.82) is 0 Å². The molecule has 8 heteroatoms. The van der Waals surface area contributed by atoms with Crippen LogP contribution in [0, 0.1) is 0 Å². The summed E-state index contributed by atoms with van der Waals surface area (Å²) < 4.78 is 0.